The maximum atomic E-state index is 12.9. The highest BCUT2D eigenvalue weighted by Crippen LogP contribution is 2.30. The van der Waals surface area contributed by atoms with E-state index in [2.05, 4.69) is 8.76 Å². The normalized spacial score (nSPS) is 15.7. The van der Waals surface area contributed by atoms with Crippen molar-refractivity contribution >= 4 is 21.6 Å². The summed E-state index contributed by atoms with van der Waals surface area (Å²) in [5.41, 5.74) is -1.59. The molecule has 0 aliphatic carbocycles. The molecule has 33 heavy (non-hydrogen) atoms. The van der Waals surface area contributed by atoms with Crippen LogP contribution in [0.25, 0.3) is 5.76 Å². The number of morpholine rings is 1. The molecule has 3 rings (SSSR count). The topological polar surface area (TPSA) is 55.6 Å². The van der Waals surface area contributed by atoms with Crippen LogP contribution in [0.15, 0.2) is 66.8 Å². The fourth-order valence-electron chi connectivity index (χ4n) is 3.19. The van der Waals surface area contributed by atoms with E-state index in [0.29, 0.717) is 26.3 Å². The monoisotopic (exact) mass is 480 g/mol. The average molecular weight is 481 g/mol. The van der Waals surface area contributed by atoms with Crippen LogP contribution < -0.4 is 0 Å². The van der Waals surface area contributed by atoms with Gasteiger partial charge in [0, 0.05) is 17.2 Å². The van der Waals surface area contributed by atoms with E-state index >= 15 is 0 Å². The second-order valence-electron chi connectivity index (χ2n) is 7.59. The molecular formula is C24H25F3NO4S+. The van der Waals surface area contributed by atoms with Crippen LogP contribution >= 0.6 is 0 Å². The molecule has 0 N–H and O–H groups in total. The van der Waals surface area contributed by atoms with Crippen molar-refractivity contribution in [2.24, 2.45) is 0 Å². The maximum Gasteiger partial charge on any atom is 0.534 e. The molecule has 5 nitrogen and oxygen atoms in total. The Kier molecular flexibility index (Phi) is 7.76. The summed E-state index contributed by atoms with van der Waals surface area (Å²) in [5, 5.41) is 0. The molecule has 0 atom stereocenters. The van der Waals surface area contributed by atoms with Gasteiger partial charge in [-0.2, -0.15) is 21.6 Å². The summed E-state index contributed by atoms with van der Waals surface area (Å²) < 4.78 is 74.2. The molecule has 0 amide bonds. The van der Waals surface area contributed by atoms with Gasteiger partial charge >= 0.3 is 15.6 Å². The summed E-state index contributed by atoms with van der Waals surface area (Å²) in [5.74, 6) is -0.422. The Balaban J connectivity index is 2.02. The minimum Gasteiger partial charge on any atom is -0.375 e. The van der Waals surface area contributed by atoms with Gasteiger partial charge in [0.25, 0.3) is 0 Å². The maximum absolute atomic E-state index is 12.9. The smallest absolute Gasteiger partial charge is 0.375 e. The van der Waals surface area contributed by atoms with Crippen LogP contribution in [-0.2, 0) is 19.0 Å². The molecule has 0 radical (unpaired) electrons. The lowest BCUT2D eigenvalue weighted by molar-refractivity contribution is -0.548. The molecular weight excluding hydrogens is 455 g/mol. The number of aryl methyl sites for hydroxylation is 2. The SMILES string of the molecule is Cc1ccc(C(/C=C/C=C(/OS(=O)(=O)C(F)(F)F)c2ccc(C)cc2)=[N+]2CCOCC2)cc1. The number of benzene rings is 2. The highest BCUT2D eigenvalue weighted by molar-refractivity contribution is 7.87. The quantitative estimate of drug-likeness (QED) is 0.199. The summed E-state index contributed by atoms with van der Waals surface area (Å²) in [6.07, 6.45) is 4.45. The van der Waals surface area contributed by atoms with Crippen molar-refractivity contribution in [3.8, 4) is 0 Å². The Hall–Kier alpha value is -2.91. The zero-order valence-corrected chi connectivity index (χ0v) is 19.1. The van der Waals surface area contributed by atoms with E-state index in [9.17, 15) is 21.6 Å². The Bertz CT molecular complexity index is 1160. The summed E-state index contributed by atoms with van der Waals surface area (Å²) in [6, 6.07) is 14.2. The Morgan fingerprint density at radius 3 is 1.97 bits per heavy atom. The highest BCUT2D eigenvalue weighted by atomic mass is 32.2. The summed E-state index contributed by atoms with van der Waals surface area (Å²) >= 11 is 0. The molecule has 1 fully saturated rings. The Labute approximate surface area is 191 Å². The number of alkyl halides is 3. The van der Waals surface area contributed by atoms with Gasteiger partial charge in [0.2, 0.25) is 5.71 Å². The van der Waals surface area contributed by atoms with Crippen LogP contribution in [0.5, 0.6) is 0 Å². The molecule has 1 saturated heterocycles. The number of rotatable bonds is 6. The van der Waals surface area contributed by atoms with E-state index in [4.69, 9.17) is 4.74 Å². The van der Waals surface area contributed by atoms with Gasteiger partial charge in [-0.3, -0.25) is 0 Å². The summed E-state index contributed by atoms with van der Waals surface area (Å²) in [7, 11) is -5.82. The fourth-order valence-corrected chi connectivity index (χ4v) is 3.68. The van der Waals surface area contributed by atoms with Gasteiger partial charge in [-0.1, -0.05) is 53.6 Å². The number of halogens is 3. The molecule has 0 spiro atoms. The van der Waals surface area contributed by atoms with E-state index < -0.39 is 21.4 Å². The fraction of sp³-hybridized carbons (Fsp3) is 0.292. The lowest BCUT2D eigenvalue weighted by Crippen LogP contribution is -2.33. The van der Waals surface area contributed by atoms with Crippen LogP contribution in [0.3, 0.4) is 0 Å². The third-order valence-corrected chi connectivity index (χ3v) is 5.99. The van der Waals surface area contributed by atoms with E-state index in [1.807, 2.05) is 38.1 Å². The summed E-state index contributed by atoms with van der Waals surface area (Å²) in [4.78, 5) is 0. The van der Waals surface area contributed by atoms with Crippen LogP contribution in [0, 0.1) is 13.8 Å². The van der Waals surface area contributed by atoms with Gasteiger partial charge in [-0.15, -0.1) is 0 Å². The van der Waals surface area contributed by atoms with Gasteiger partial charge in [0.05, 0.1) is 0 Å². The van der Waals surface area contributed by atoms with E-state index in [0.717, 1.165) is 22.4 Å². The molecule has 0 aromatic heterocycles. The van der Waals surface area contributed by atoms with Crippen molar-refractivity contribution in [2.75, 3.05) is 26.3 Å². The van der Waals surface area contributed by atoms with Gasteiger partial charge < -0.3 is 8.92 Å². The Morgan fingerprint density at radius 1 is 0.939 bits per heavy atom. The molecule has 1 aliphatic rings. The van der Waals surface area contributed by atoms with Gasteiger partial charge in [0.15, 0.2) is 13.1 Å². The zero-order valence-electron chi connectivity index (χ0n) is 18.3. The minimum absolute atomic E-state index is 0.210. The first kappa shape index (κ1) is 24.7. The second-order valence-corrected chi connectivity index (χ2v) is 9.13. The van der Waals surface area contributed by atoms with Crippen molar-refractivity contribution in [3.63, 3.8) is 0 Å². The van der Waals surface area contributed by atoms with Gasteiger partial charge in [-0.05, 0) is 32.1 Å². The molecule has 0 bridgehead atoms. The first-order valence-corrected chi connectivity index (χ1v) is 11.7. The predicted molar refractivity (Wildman–Crippen MR) is 120 cm³/mol. The van der Waals surface area contributed by atoms with E-state index in [1.165, 1.54) is 24.3 Å². The molecule has 0 unspecified atom stereocenters. The number of ether oxygens (including phenoxy) is 1. The predicted octanol–water partition coefficient (Wildman–Crippen LogP) is 4.60. The van der Waals surface area contributed by atoms with Crippen LogP contribution in [-0.4, -0.2) is 50.5 Å². The first-order valence-electron chi connectivity index (χ1n) is 10.3. The minimum atomic E-state index is -5.82. The molecule has 2 aromatic rings. The van der Waals surface area contributed by atoms with Gasteiger partial charge in [0.1, 0.15) is 19.0 Å². The average Bonchev–Trinajstić information content (AvgIpc) is 2.77. The molecule has 0 saturated carbocycles. The van der Waals surface area contributed by atoms with Crippen molar-refractivity contribution in [2.45, 2.75) is 19.4 Å². The lowest BCUT2D eigenvalue weighted by atomic mass is 10.1. The number of hydrogen-bond donors (Lipinski definition) is 0. The number of allylic oxidation sites excluding steroid dienone is 3. The van der Waals surface area contributed by atoms with Crippen molar-refractivity contribution in [3.05, 3.63) is 89.0 Å². The van der Waals surface area contributed by atoms with Crippen molar-refractivity contribution in [1.29, 1.82) is 0 Å². The zero-order chi connectivity index (χ0) is 24.1. The second kappa shape index (κ2) is 10.4. The lowest BCUT2D eigenvalue weighted by Gasteiger charge is -2.14. The van der Waals surface area contributed by atoms with Crippen LogP contribution in [0.1, 0.15) is 22.3 Å². The van der Waals surface area contributed by atoms with E-state index in [-0.39, 0.29) is 5.56 Å². The molecule has 9 heteroatoms. The molecule has 2 aromatic carbocycles. The number of hydrogen-bond acceptors (Lipinski definition) is 4. The van der Waals surface area contributed by atoms with Crippen molar-refractivity contribution in [1.82, 2.24) is 0 Å². The van der Waals surface area contributed by atoms with Crippen molar-refractivity contribution < 1.29 is 35.1 Å². The van der Waals surface area contributed by atoms with Crippen LogP contribution in [0.2, 0.25) is 0 Å². The van der Waals surface area contributed by atoms with E-state index in [1.54, 1.807) is 18.2 Å². The highest BCUT2D eigenvalue weighted by Gasteiger charge is 2.48. The third kappa shape index (κ3) is 6.55. The first-order chi connectivity index (χ1) is 15.6. The van der Waals surface area contributed by atoms with Crippen LogP contribution in [0.4, 0.5) is 13.2 Å². The summed E-state index contributed by atoms with van der Waals surface area (Å²) in [6.45, 7) is 6.21. The molecule has 176 valence electrons. The van der Waals surface area contributed by atoms with Gasteiger partial charge in [-0.25, -0.2) is 4.58 Å². The molecule has 1 heterocycles. The third-order valence-electron chi connectivity index (χ3n) is 5.02. The Morgan fingerprint density at radius 2 is 1.45 bits per heavy atom. The number of nitrogens with zero attached hydrogens (tertiary/aromatic N) is 1. The largest absolute Gasteiger partial charge is 0.534 e. The standard InChI is InChI=1S/C24H25F3NO4S/c1-18-6-10-20(11-7-18)22(28-14-16-31-17-15-28)4-3-5-23(21-12-8-19(2)9-13-21)32-33(29,30)24(25,26)27/h3-13H,14-17H2,1-2H3/q+1/b4-3+,23-5+. The molecule has 1 aliphatic heterocycles.